The SMILES string of the molecule is COc1ccc(-c2nnc(SCC(=O)N3CCN(C)CC3)n2C)cc1. The van der Waals surface area contributed by atoms with Crippen molar-refractivity contribution in [1.29, 1.82) is 0 Å². The van der Waals surface area contributed by atoms with E-state index in [0.717, 1.165) is 48.5 Å². The fourth-order valence-corrected chi connectivity index (χ4v) is 3.52. The molecular formula is C17H23N5O2S. The number of likely N-dealkylation sites (N-methyl/N-ethyl adjacent to an activating group) is 1. The van der Waals surface area contributed by atoms with Gasteiger partial charge in [0.05, 0.1) is 12.9 Å². The molecular weight excluding hydrogens is 338 g/mol. The Morgan fingerprint density at radius 1 is 1.12 bits per heavy atom. The van der Waals surface area contributed by atoms with E-state index in [0.29, 0.717) is 5.75 Å². The topological polar surface area (TPSA) is 63.5 Å². The van der Waals surface area contributed by atoms with Crippen molar-refractivity contribution >= 4 is 17.7 Å². The Kier molecular flexibility index (Phi) is 5.60. The van der Waals surface area contributed by atoms with Crippen LogP contribution in [0.3, 0.4) is 0 Å². The van der Waals surface area contributed by atoms with Gasteiger partial charge >= 0.3 is 0 Å². The van der Waals surface area contributed by atoms with Crippen molar-refractivity contribution in [2.75, 3.05) is 46.1 Å². The zero-order valence-corrected chi connectivity index (χ0v) is 15.6. The summed E-state index contributed by atoms with van der Waals surface area (Å²) >= 11 is 1.43. The molecule has 2 aromatic rings. The molecule has 0 spiro atoms. The van der Waals surface area contributed by atoms with Gasteiger partial charge in [-0.1, -0.05) is 11.8 Å². The molecule has 0 unspecified atom stereocenters. The highest BCUT2D eigenvalue weighted by Crippen LogP contribution is 2.24. The fraction of sp³-hybridized carbons (Fsp3) is 0.471. The normalized spacial score (nSPS) is 15.4. The minimum Gasteiger partial charge on any atom is -0.497 e. The van der Waals surface area contributed by atoms with Crippen LogP contribution in [0.5, 0.6) is 5.75 Å². The average molecular weight is 361 g/mol. The summed E-state index contributed by atoms with van der Waals surface area (Å²) in [5, 5.41) is 9.23. The van der Waals surface area contributed by atoms with Gasteiger partial charge in [-0.3, -0.25) is 4.79 Å². The highest BCUT2D eigenvalue weighted by Gasteiger charge is 2.20. The summed E-state index contributed by atoms with van der Waals surface area (Å²) in [5.41, 5.74) is 0.966. The summed E-state index contributed by atoms with van der Waals surface area (Å²) in [5.74, 6) is 2.13. The van der Waals surface area contributed by atoms with Crippen molar-refractivity contribution in [2.24, 2.45) is 7.05 Å². The lowest BCUT2D eigenvalue weighted by Crippen LogP contribution is -2.47. The number of aromatic nitrogens is 3. The van der Waals surface area contributed by atoms with Crippen molar-refractivity contribution in [1.82, 2.24) is 24.6 Å². The van der Waals surface area contributed by atoms with E-state index in [1.165, 1.54) is 11.8 Å². The zero-order valence-electron chi connectivity index (χ0n) is 14.8. The fourth-order valence-electron chi connectivity index (χ4n) is 2.71. The third kappa shape index (κ3) is 4.13. The second kappa shape index (κ2) is 7.88. The van der Waals surface area contributed by atoms with Gasteiger partial charge in [-0.2, -0.15) is 0 Å². The van der Waals surface area contributed by atoms with Gasteiger partial charge in [-0.15, -0.1) is 10.2 Å². The van der Waals surface area contributed by atoms with Crippen LogP contribution in [0.15, 0.2) is 29.4 Å². The second-order valence-electron chi connectivity index (χ2n) is 6.07. The van der Waals surface area contributed by atoms with Gasteiger partial charge in [-0.05, 0) is 31.3 Å². The Morgan fingerprint density at radius 3 is 2.44 bits per heavy atom. The molecule has 1 amide bonds. The van der Waals surface area contributed by atoms with E-state index < -0.39 is 0 Å². The minimum atomic E-state index is 0.159. The molecule has 2 heterocycles. The molecule has 7 nitrogen and oxygen atoms in total. The predicted molar refractivity (Wildman–Crippen MR) is 97.8 cm³/mol. The highest BCUT2D eigenvalue weighted by molar-refractivity contribution is 7.99. The van der Waals surface area contributed by atoms with Gasteiger partial charge in [-0.25, -0.2) is 0 Å². The maximum absolute atomic E-state index is 12.4. The summed E-state index contributed by atoms with van der Waals surface area (Å²) in [6.07, 6.45) is 0. The third-order valence-electron chi connectivity index (χ3n) is 4.36. The second-order valence-corrected chi connectivity index (χ2v) is 7.01. The van der Waals surface area contributed by atoms with Crippen LogP contribution in [-0.2, 0) is 11.8 Å². The van der Waals surface area contributed by atoms with Crippen LogP contribution < -0.4 is 4.74 Å². The average Bonchev–Trinajstić information content (AvgIpc) is 3.01. The van der Waals surface area contributed by atoms with Crippen molar-refractivity contribution in [2.45, 2.75) is 5.16 Å². The van der Waals surface area contributed by atoms with Crippen LogP contribution in [0.1, 0.15) is 0 Å². The van der Waals surface area contributed by atoms with Crippen molar-refractivity contribution in [3.05, 3.63) is 24.3 Å². The number of ether oxygens (including phenoxy) is 1. The lowest BCUT2D eigenvalue weighted by atomic mass is 10.2. The summed E-state index contributed by atoms with van der Waals surface area (Å²) in [7, 11) is 5.64. The molecule has 3 rings (SSSR count). The first-order valence-corrected chi connectivity index (χ1v) is 9.20. The molecule has 1 fully saturated rings. The van der Waals surface area contributed by atoms with Crippen LogP contribution in [0, 0.1) is 0 Å². The molecule has 134 valence electrons. The molecule has 25 heavy (non-hydrogen) atoms. The number of piperazine rings is 1. The minimum absolute atomic E-state index is 0.159. The van der Waals surface area contributed by atoms with Gasteiger partial charge in [0.15, 0.2) is 11.0 Å². The van der Waals surface area contributed by atoms with E-state index >= 15 is 0 Å². The largest absolute Gasteiger partial charge is 0.497 e. The molecule has 1 aromatic carbocycles. The number of thioether (sulfide) groups is 1. The van der Waals surface area contributed by atoms with E-state index in [4.69, 9.17) is 4.74 Å². The van der Waals surface area contributed by atoms with E-state index in [1.807, 2.05) is 40.8 Å². The first-order valence-electron chi connectivity index (χ1n) is 8.21. The van der Waals surface area contributed by atoms with E-state index in [9.17, 15) is 4.79 Å². The van der Waals surface area contributed by atoms with Crippen molar-refractivity contribution < 1.29 is 9.53 Å². The Bertz CT molecular complexity index is 723. The summed E-state index contributed by atoms with van der Waals surface area (Å²) in [6, 6.07) is 7.70. The summed E-state index contributed by atoms with van der Waals surface area (Å²) in [4.78, 5) is 16.5. The number of benzene rings is 1. The molecule has 0 saturated carbocycles. The smallest absolute Gasteiger partial charge is 0.233 e. The Morgan fingerprint density at radius 2 is 1.80 bits per heavy atom. The molecule has 0 bridgehead atoms. The molecule has 1 aliphatic heterocycles. The molecule has 0 aliphatic carbocycles. The first-order chi connectivity index (χ1) is 12.1. The van der Waals surface area contributed by atoms with Crippen LogP contribution >= 0.6 is 11.8 Å². The molecule has 0 radical (unpaired) electrons. The number of rotatable bonds is 5. The number of carbonyl (C=O) groups excluding carboxylic acids is 1. The van der Waals surface area contributed by atoms with Gasteiger partial charge in [0.2, 0.25) is 5.91 Å². The highest BCUT2D eigenvalue weighted by atomic mass is 32.2. The molecule has 8 heteroatoms. The number of nitrogens with zero attached hydrogens (tertiary/aromatic N) is 5. The van der Waals surface area contributed by atoms with Gasteiger partial charge in [0, 0.05) is 38.8 Å². The lowest BCUT2D eigenvalue weighted by molar-refractivity contribution is -0.129. The lowest BCUT2D eigenvalue weighted by Gasteiger charge is -2.32. The number of methoxy groups -OCH3 is 1. The van der Waals surface area contributed by atoms with Gasteiger partial charge in [0.25, 0.3) is 0 Å². The molecule has 0 atom stereocenters. The number of hydrogen-bond donors (Lipinski definition) is 0. The van der Waals surface area contributed by atoms with E-state index in [1.54, 1.807) is 7.11 Å². The predicted octanol–water partition coefficient (Wildman–Crippen LogP) is 1.36. The van der Waals surface area contributed by atoms with Gasteiger partial charge in [0.1, 0.15) is 5.75 Å². The Hall–Kier alpha value is -2.06. The van der Waals surface area contributed by atoms with Crippen LogP contribution in [0.25, 0.3) is 11.4 Å². The maximum Gasteiger partial charge on any atom is 0.233 e. The maximum atomic E-state index is 12.4. The molecule has 1 aliphatic rings. The number of hydrogen-bond acceptors (Lipinski definition) is 6. The molecule has 1 saturated heterocycles. The molecule has 1 aromatic heterocycles. The first kappa shape index (κ1) is 17.8. The Balaban J connectivity index is 1.62. The number of amides is 1. The Labute approximate surface area is 152 Å². The zero-order chi connectivity index (χ0) is 17.8. The van der Waals surface area contributed by atoms with E-state index in [2.05, 4.69) is 22.1 Å². The number of carbonyl (C=O) groups is 1. The van der Waals surface area contributed by atoms with Crippen LogP contribution in [0.2, 0.25) is 0 Å². The van der Waals surface area contributed by atoms with Crippen LogP contribution in [0.4, 0.5) is 0 Å². The van der Waals surface area contributed by atoms with Crippen molar-refractivity contribution in [3.8, 4) is 17.1 Å². The molecule has 0 N–H and O–H groups in total. The van der Waals surface area contributed by atoms with Crippen LogP contribution in [-0.4, -0.2) is 76.6 Å². The quantitative estimate of drug-likeness (QED) is 0.750. The summed E-state index contributed by atoms with van der Waals surface area (Å²) in [6.45, 7) is 3.46. The van der Waals surface area contributed by atoms with Gasteiger partial charge < -0.3 is 19.1 Å². The standard InChI is InChI=1S/C17H23N5O2S/c1-20-8-10-22(11-9-20)15(23)12-25-17-19-18-16(21(17)2)13-4-6-14(24-3)7-5-13/h4-7H,8-12H2,1-3H3. The van der Waals surface area contributed by atoms with E-state index in [-0.39, 0.29) is 5.91 Å². The monoisotopic (exact) mass is 361 g/mol. The van der Waals surface area contributed by atoms with Crippen molar-refractivity contribution in [3.63, 3.8) is 0 Å². The third-order valence-corrected chi connectivity index (χ3v) is 5.37. The summed E-state index contributed by atoms with van der Waals surface area (Å²) < 4.78 is 7.10.